The summed E-state index contributed by atoms with van der Waals surface area (Å²) in [5, 5.41) is 11.9. The minimum absolute atomic E-state index is 0.0335. The largest absolute Gasteiger partial charge is 0.463 e. The van der Waals surface area contributed by atoms with Crippen molar-refractivity contribution in [3.05, 3.63) is 17.6 Å². The number of hydrogen-bond donors (Lipinski definition) is 2. The van der Waals surface area contributed by atoms with Crippen LogP contribution in [0.25, 0.3) is 0 Å². The van der Waals surface area contributed by atoms with Gasteiger partial charge in [-0.25, -0.2) is 14.8 Å². The van der Waals surface area contributed by atoms with E-state index in [-0.39, 0.29) is 18.5 Å². The maximum absolute atomic E-state index is 11.3. The predicted octanol–water partition coefficient (Wildman–Crippen LogP) is 0.754. The monoisotopic (exact) mass is 239 g/mol. The molecule has 0 fully saturated rings. The highest BCUT2D eigenvalue weighted by atomic mass is 16.5. The second-order valence-electron chi connectivity index (χ2n) is 3.77. The molecule has 0 aromatic carbocycles. The third-order valence-corrected chi connectivity index (χ3v) is 2.18. The highest BCUT2D eigenvalue weighted by Gasteiger charge is 2.12. The molecule has 1 heterocycles. The molecule has 0 radical (unpaired) electrons. The Hall–Kier alpha value is -1.69. The Morgan fingerprint density at radius 3 is 2.88 bits per heavy atom. The van der Waals surface area contributed by atoms with Crippen molar-refractivity contribution in [1.29, 1.82) is 0 Å². The zero-order valence-electron chi connectivity index (χ0n) is 10.2. The summed E-state index contributed by atoms with van der Waals surface area (Å²) in [7, 11) is 1.29. The molecular formula is C11H17N3O3. The van der Waals surface area contributed by atoms with Gasteiger partial charge in [-0.15, -0.1) is 0 Å². The third kappa shape index (κ3) is 3.99. The van der Waals surface area contributed by atoms with Gasteiger partial charge in [0, 0.05) is 24.4 Å². The van der Waals surface area contributed by atoms with Crippen LogP contribution in [-0.2, 0) is 4.74 Å². The minimum atomic E-state index is -0.563. The Morgan fingerprint density at radius 1 is 1.59 bits per heavy atom. The lowest BCUT2D eigenvalue weighted by Gasteiger charge is -2.13. The van der Waals surface area contributed by atoms with Gasteiger partial charge in [0.1, 0.15) is 5.82 Å². The number of rotatable bonds is 5. The molecule has 0 aliphatic heterocycles. The summed E-state index contributed by atoms with van der Waals surface area (Å²) in [6, 6.07) is 1.81. The number of carbonyl (C=O) groups is 1. The topological polar surface area (TPSA) is 84.3 Å². The van der Waals surface area contributed by atoms with Crippen LogP contribution in [-0.4, -0.2) is 40.8 Å². The van der Waals surface area contributed by atoms with Gasteiger partial charge in [0.15, 0.2) is 0 Å². The molecule has 1 aromatic rings. The molecule has 0 bridgehead atoms. The molecular weight excluding hydrogens is 222 g/mol. The maximum Gasteiger partial charge on any atom is 0.376 e. The van der Waals surface area contributed by atoms with Gasteiger partial charge in [0.05, 0.1) is 7.11 Å². The predicted molar refractivity (Wildman–Crippen MR) is 62.9 cm³/mol. The number of aromatic nitrogens is 2. The fraction of sp³-hybridized carbons (Fsp3) is 0.545. The van der Waals surface area contributed by atoms with Crippen molar-refractivity contribution < 1.29 is 14.6 Å². The van der Waals surface area contributed by atoms with E-state index in [2.05, 4.69) is 20.0 Å². The van der Waals surface area contributed by atoms with Gasteiger partial charge in [-0.2, -0.15) is 0 Å². The summed E-state index contributed by atoms with van der Waals surface area (Å²) in [6.45, 7) is 3.80. The molecule has 0 aliphatic carbocycles. The summed E-state index contributed by atoms with van der Waals surface area (Å²) in [5.41, 5.74) is 0.680. The van der Waals surface area contributed by atoms with E-state index in [1.165, 1.54) is 7.11 Å². The molecule has 0 saturated heterocycles. The standard InChI is InChI=1S/C11H17N3O3/c1-7(4-5-15)12-9-6-8(2)13-10(14-9)11(16)17-3/h6-7,15H,4-5H2,1-3H3,(H,12,13,14). The van der Waals surface area contributed by atoms with Gasteiger partial charge in [-0.05, 0) is 20.3 Å². The van der Waals surface area contributed by atoms with E-state index < -0.39 is 5.97 Å². The molecule has 1 aromatic heterocycles. The second-order valence-corrected chi connectivity index (χ2v) is 3.77. The summed E-state index contributed by atoms with van der Waals surface area (Å²) >= 11 is 0. The molecule has 0 aliphatic rings. The highest BCUT2D eigenvalue weighted by molar-refractivity contribution is 5.85. The lowest BCUT2D eigenvalue weighted by molar-refractivity contribution is 0.0586. The molecule has 6 nitrogen and oxygen atoms in total. The molecule has 94 valence electrons. The number of anilines is 1. The first-order valence-corrected chi connectivity index (χ1v) is 5.38. The van der Waals surface area contributed by atoms with Crippen molar-refractivity contribution in [3.8, 4) is 0 Å². The second kappa shape index (κ2) is 6.15. The fourth-order valence-electron chi connectivity index (χ4n) is 1.34. The minimum Gasteiger partial charge on any atom is -0.463 e. The molecule has 0 amide bonds. The zero-order chi connectivity index (χ0) is 12.8. The van der Waals surface area contributed by atoms with Crippen molar-refractivity contribution in [1.82, 2.24) is 9.97 Å². The van der Waals surface area contributed by atoms with Crippen LogP contribution < -0.4 is 5.32 Å². The number of carbonyl (C=O) groups excluding carboxylic acids is 1. The number of aliphatic hydroxyl groups excluding tert-OH is 1. The van der Waals surface area contributed by atoms with Crippen LogP contribution in [0.5, 0.6) is 0 Å². The highest BCUT2D eigenvalue weighted by Crippen LogP contribution is 2.09. The maximum atomic E-state index is 11.3. The van der Waals surface area contributed by atoms with Crippen molar-refractivity contribution in [2.24, 2.45) is 0 Å². The first kappa shape index (κ1) is 13.4. The quantitative estimate of drug-likeness (QED) is 0.738. The number of aliphatic hydroxyl groups is 1. The first-order valence-electron chi connectivity index (χ1n) is 5.38. The Bertz CT molecular complexity index is 396. The van der Waals surface area contributed by atoms with E-state index in [4.69, 9.17) is 5.11 Å². The fourth-order valence-corrected chi connectivity index (χ4v) is 1.34. The van der Waals surface area contributed by atoms with Crippen LogP contribution in [0, 0.1) is 6.92 Å². The van der Waals surface area contributed by atoms with E-state index in [1.54, 1.807) is 13.0 Å². The van der Waals surface area contributed by atoms with Crippen LogP contribution in [0.2, 0.25) is 0 Å². The molecule has 2 N–H and O–H groups in total. The van der Waals surface area contributed by atoms with E-state index >= 15 is 0 Å². The molecule has 17 heavy (non-hydrogen) atoms. The molecule has 0 saturated carbocycles. The summed E-state index contributed by atoms with van der Waals surface area (Å²) in [5.74, 6) is 0.0246. The number of nitrogens with zero attached hydrogens (tertiary/aromatic N) is 2. The van der Waals surface area contributed by atoms with Gasteiger partial charge in [-0.3, -0.25) is 0 Å². The summed E-state index contributed by atoms with van der Waals surface area (Å²) < 4.78 is 4.57. The van der Waals surface area contributed by atoms with Crippen LogP contribution in [0.1, 0.15) is 29.7 Å². The van der Waals surface area contributed by atoms with Gasteiger partial charge in [0.2, 0.25) is 5.82 Å². The van der Waals surface area contributed by atoms with Crippen LogP contribution >= 0.6 is 0 Å². The lowest BCUT2D eigenvalue weighted by atomic mass is 10.2. The van der Waals surface area contributed by atoms with E-state index in [0.29, 0.717) is 17.9 Å². The van der Waals surface area contributed by atoms with Gasteiger partial charge < -0.3 is 15.2 Å². The smallest absolute Gasteiger partial charge is 0.376 e. The van der Waals surface area contributed by atoms with Crippen molar-refractivity contribution >= 4 is 11.8 Å². The van der Waals surface area contributed by atoms with Gasteiger partial charge in [0.25, 0.3) is 0 Å². The number of nitrogens with one attached hydrogen (secondary N) is 1. The van der Waals surface area contributed by atoms with Crippen molar-refractivity contribution in [2.75, 3.05) is 19.0 Å². The Morgan fingerprint density at radius 2 is 2.29 bits per heavy atom. The number of aryl methyl sites for hydroxylation is 1. The Balaban J connectivity index is 2.85. The molecule has 0 spiro atoms. The van der Waals surface area contributed by atoms with Gasteiger partial charge in [-0.1, -0.05) is 0 Å². The molecule has 1 rings (SSSR count). The van der Waals surface area contributed by atoms with Crippen LogP contribution in [0.4, 0.5) is 5.82 Å². The normalized spacial score (nSPS) is 12.0. The zero-order valence-corrected chi connectivity index (χ0v) is 10.2. The molecule has 1 atom stereocenters. The van der Waals surface area contributed by atoms with E-state index in [0.717, 1.165) is 0 Å². The first-order chi connectivity index (χ1) is 8.06. The van der Waals surface area contributed by atoms with Crippen molar-refractivity contribution in [2.45, 2.75) is 26.3 Å². The summed E-state index contributed by atoms with van der Waals surface area (Å²) in [4.78, 5) is 19.3. The van der Waals surface area contributed by atoms with E-state index in [9.17, 15) is 4.79 Å². The van der Waals surface area contributed by atoms with E-state index in [1.807, 2.05) is 6.92 Å². The number of methoxy groups -OCH3 is 1. The van der Waals surface area contributed by atoms with Crippen molar-refractivity contribution in [3.63, 3.8) is 0 Å². The molecule has 6 heteroatoms. The summed E-state index contributed by atoms with van der Waals surface area (Å²) in [6.07, 6.45) is 0.608. The average molecular weight is 239 g/mol. The Labute approximate surface area is 100 Å². The lowest BCUT2D eigenvalue weighted by Crippen LogP contribution is -2.19. The van der Waals surface area contributed by atoms with Crippen LogP contribution in [0.3, 0.4) is 0 Å². The molecule has 1 unspecified atom stereocenters. The number of esters is 1. The van der Waals surface area contributed by atoms with Gasteiger partial charge >= 0.3 is 5.97 Å². The Kier molecular flexibility index (Phi) is 4.84. The number of hydrogen-bond acceptors (Lipinski definition) is 6. The SMILES string of the molecule is COC(=O)c1nc(C)cc(NC(C)CCO)n1. The number of ether oxygens (including phenoxy) is 1. The third-order valence-electron chi connectivity index (χ3n) is 2.18. The van der Waals surface area contributed by atoms with Crippen LogP contribution in [0.15, 0.2) is 6.07 Å². The average Bonchev–Trinajstić information content (AvgIpc) is 2.27.